The summed E-state index contributed by atoms with van der Waals surface area (Å²) in [6.07, 6.45) is 0. The Morgan fingerprint density at radius 2 is 1.50 bits per heavy atom. The Bertz CT molecular complexity index is 429. The van der Waals surface area contributed by atoms with Gasteiger partial charge in [0.1, 0.15) is 0 Å². The molecule has 2 aromatic carbocycles. The minimum atomic E-state index is 1.06. The maximum atomic E-state index is 4.01. The molecule has 0 N–H and O–H groups in total. The van der Waals surface area contributed by atoms with Crippen LogP contribution in [-0.2, 0) is 0 Å². The number of hydrogen-bond acceptors (Lipinski definition) is 0. The lowest BCUT2D eigenvalue weighted by molar-refractivity contribution is 1.55. The maximum Gasteiger partial charge on any atom is 0.0175 e. The van der Waals surface area contributed by atoms with Crippen molar-refractivity contribution in [3.05, 3.63) is 65.5 Å². The molecular weight excluding hydrogens is 236 g/mol. The van der Waals surface area contributed by atoms with E-state index in [9.17, 15) is 0 Å². The second-order valence-electron chi connectivity index (χ2n) is 3.16. The summed E-state index contributed by atoms with van der Waals surface area (Å²) in [5, 5.41) is 0. The Morgan fingerprint density at radius 3 is 2.14 bits per heavy atom. The van der Waals surface area contributed by atoms with Crippen LogP contribution in [0, 0.1) is 6.92 Å². The Labute approximate surface area is 92.7 Å². The van der Waals surface area contributed by atoms with Gasteiger partial charge in [-0.1, -0.05) is 52.3 Å². The van der Waals surface area contributed by atoms with Gasteiger partial charge < -0.3 is 0 Å². The van der Waals surface area contributed by atoms with E-state index in [-0.39, 0.29) is 0 Å². The largest absolute Gasteiger partial charge is 0.0620 e. The van der Waals surface area contributed by atoms with E-state index in [0.29, 0.717) is 0 Å². The van der Waals surface area contributed by atoms with E-state index < -0.39 is 0 Å². The SMILES string of the molecule is [CH2]c1ccccc1-c1ccc(Br)cc1. The molecule has 0 spiro atoms. The summed E-state index contributed by atoms with van der Waals surface area (Å²) < 4.78 is 1.10. The zero-order valence-corrected chi connectivity index (χ0v) is 9.29. The first-order valence-corrected chi connectivity index (χ1v) is 5.23. The summed E-state index contributed by atoms with van der Waals surface area (Å²) in [6, 6.07) is 16.4. The molecule has 0 fully saturated rings. The molecule has 0 heterocycles. The minimum absolute atomic E-state index is 1.06. The monoisotopic (exact) mass is 245 g/mol. The van der Waals surface area contributed by atoms with Crippen molar-refractivity contribution in [1.29, 1.82) is 0 Å². The van der Waals surface area contributed by atoms with Crippen molar-refractivity contribution >= 4 is 15.9 Å². The first-order chi connectivity index (χ1) is 6.77. The second-order valence-corrected chi connectivity index (χ2v) is 4.08. The molecule has 1 radical (unpaired) electrons. The van der Waals surface area contributed by atoms with Crippen LogP contribution < -0.4 is 0 Å². The molecule has 0 aliphatic rings. The van der Waals surface area contributed by atoms with Gasteiger partial charge in [0, 0.05) is 4.47 Å². The summed E-state index contributed by atoms with van der Waals surface area (Å²) in [4.78, 5) is 0. The highest BCUT2D eigenvalue weighted by Crippen LogP contribution is 2.24. The summed E-state index contributed by atoms with van der Waals surface area (Å²) in [6.45, 7) is 4.01. The molecule has 0 bridgehead atoms. The topological polar surface area (TPSA) is 0 Å². The van der Waals surface area contributed by atoms with Gasteiger partial charge in [0.05, 0.1) is 0 Å². The first-order valence-electron chi connectivity index (χ1n) is 4.44. The van der Waals surface area contributed by atoms with Gasteiger partial charge in [-0.05, 0) is 35.7 Å². The molecule has 0 aliphatic carbocycles. The van der Waals surface area contributed by atoms with Crippen LogP contribution in [0.3, 0.4) is 0 Å². The minimum Gasteiger partial charge on any atom is -0.0620 e. The van der Waals surface area contributed by atoms with Gasteiger partial charge in [-0.2, -0.15) is 0 Å². The fourth-order valence-corrected chi connectivity index (χ4v) is 1.70. The van der Waals surface area contributed by atoms with E-state index in [0.717, 1.165) is 10.0 Å². The Balaban J connectivity index is 2.50. The van der Waals surface area contributed by atoms with E-state index in [1.807, 2.05) is 30.3 Å². The van der Waals surface area contributed by atoms with Crippen molar-refractivity contribution in [2.75, 3.05) is 0 Å². The molecule has 0 saturated carbocycles. The lowest BCUT2D eigenvalue weighted by atomic mass is 10.0. The van der Waals surface area contributed by atoms with Gasteiger partial charge in [-0.25, -0.2) is 0 Å². The van der Waals surface area contributed by atoms with E-state index in [2.05, 4.69) is 41.1 Å². The third-order valence-corrected chi connectivity index (χ3v) is 2.70. The average molecular weight is 246 g/mol. The standard InChI is InChI=1S/C13H10Br/c1-10-4-2-3-5-13(10)11-6-8-12(14)9-7-11/h2-9H,1H2. The molecule has 0 aliphatic heterocycles. The summed E-state index contributed by atoms with van der Waals surface area (Å²) in [7, 11) is 0. The van der Waals surface area contributed by atoms with Gasteiger partial charge in [-0.3, -0.25) is 0 Å². The van der Waals surface area contributed by atoms with Gasteiger partial charge >= 0.3 is 0 Å². The van der Waals surface area contributed by atoms with Crippen LogP contribution in [0.2, 0.25) is 0 Å². The normalized spacial score (nSPS) is 10.1. The third-order valence-electron chi connectivity index (χ3n) is 2.17. The molecule has 2 rings (SSSR count). The van der Waals surface area contributed by atoms with Gasteiger partial charge in [0.25, 0.3) is 0 Å². The summed E-state index contributed by atoms with van der Waals surface area (Å²) >= 11 is 3.42. The molecule has 0 aromatic heterocycles. The highest BCUT2D eigenvalue weighted by atomic mass is 79.9. The molecule has 14 heavy (non-hydrogen) atoms. The molecule has 0 unspecified atom stereocenters. The van der Waals surface area contributed by atoms with E-state index in [4.69, 9.17) is 0 Å². The van der Waals surface area contributed by atoms with Crippen molar-refractivity contribution in [2.45, 2.75) is 0 Å². The molecule has 1 heteroatoms. The van der Waals surface area contributed by atoms with Crippen LogP contribution in [0.1, 0.15) is 5.56 Å². The van der Waals surface area contributed by atoms with Gasteiger partial charge in [-0.15, -0.1) is 0 Å². The van der Waals surface area contributed by atoms with Crippen molar-refractivity contribution in [2.24, 2.45) is 0 Å². The van der Waals surface area contributed by atoms with Gasteiger partial charge in [0.2, 0.25) is 0 Å². The first kappa shape index (κ1) is 9.47. The van der Waals surface area contributed by atoms with Crippen LogP contribution in [0.25, 0.3) is 11.1 Å². The van der Waals surface area contributed by atoms with Crippen molar-refractivity contribution < 1.29 is 0 Å². The number of halogens is 1. The highest BCUT2D eigenvalue weighted by Gasteiger charge is 1.99. The molecule has 0 atom stereocenters. The van der Waals surface area contributed by atoms with Crippen LogP contribution in [-0.4, -0.2) is 0 Å². The molecule has 0 amide bonds. The fourth-order valence-electron chi connectivity index (χ4n) is 1.43. The Morgan fingerprint density at radius 1 is 0.857 bits per heavy atom. The second kappa shape index (κ2) is 3.97. The van der Waals surface area contributed by atoms with Crippen LogP contribution in [0.5, 0.6) is 0 Å². The van der Waals surface area contributed by atoms with Crippen molar-refractivity contribution in [1.82, 2.24) is 0 Å². The quantitative estimate of drug-likeness (QED) is 0.703. The molecular formula is C13H10Br. The number of hydrogen-bond donors (Lipinski definition) is 0. The zero-order chi connectivity index (χ0) is 9.97. The van der Waals surface area contributed by atoms with Gasteiger partial charge in [0.15, 0.2) is 0 Å². The summed E-state index contributed by atoms with van der Waals surface area (Å²) in [5.74, 6) is 0. The van der Waals surface area contributed by atoms with E-state index in [1.54, 1.807) is 0 Å². The van der Waals surface area contributed by atoms with E-state index in [1.165, 1.54) is 11.1 Å². The predicted octanol–water partition coefficient (Wildman–Crippen LogP) is 4.30. The zero-order valence-electron chi connectivity index (χ0n) is 7.70. The Hall–Kier alpha value is -1.08. The third kappa shape index (κ3) is 1.88. The smallest absolute Gasteiger partial charge is 0.0175 e. The average Bonchev–Trinajstić information content (AvgIpc) is 2.20. The molecule has 69 valence electrons. The van der Waals surface area contributed by atoms with Crippen LogP contribution in [0.15, 0.2) is 53.0 Å². The van der Waals surface area contributed by atoms with Crippen LogP contribution in [0.4, 0.5) is 0 Å². The van der Waals surface area contributed by atoms with Crippen molar-refractivity contribution in [3.8, 4) is 11.1 Å². The molecule has 0 nitrogen and oxygen atoms in total. The Kier molecular flexibility index (Phi) is 2.69. The number of rotatable bonds is 1. The van der Waals surface area contributed by atoms with E-state index >= 15 is 0 Å². The predicted molar refractivity (Wildman–Crippen MR) is 64.0 cm³/mol. The lowest BCUT2D eigenvalue weighted by Gasteiger charge is -2.04. The fraction of sp³-hybridized carbons (Fsp3) is 0. The summed E-state index contributed by atoms with van der Waals surface area (Å²) in [5.41, 5.74) is 3.47. The molecule has 0 saturated heterocycles. The lowest BCUT2D eigenvalue weighted by Crippen LogP contribution is -1.81. The number of benzene rings is 2. The highest BCUT2D eigenvalue weighted by molar-refractivity contribution is 9.10. The maximum absolute atomic E-state index is 4.01. The molecule has 2 aromatic rings. The van der Waals surface area contributed by atoms with Crippen LogP contribution >= 0.6 is 15.9 Å². The van der Waals surface area contributed by atoms with Crippen molar-refractivity contribution in [3.63, 3.8) is 0 Å².